The molecule has 3 rings (SSSR count). The van der Waals surface area contributed by atoms with Crippen molar-refractivity contribution >= 4 is 21.5 Å². The molecule has 0 spiro atoms. The van der Waals surface area contributed by atoms with Crippen LogP contribution in [0, 0.1) is 0 Å². The molecule has 20 heavy (non-hydrogen) atoms. The van der Waals surface area contributed by atoms with Gasteiger partial charge in [0, 0.05) is 17.3 Å². The second-order valence-corrected chi connectivity index (χ2v) is 5.37. The monoisotopic (exact) mass is 263 g/mol. The van der Waals surface area contributed by atoms with Crippen LogP contribution >= 0.6 is 0 Å². The molecule has 0 aliphatic rings. The molecule has 0 aliphatic heterocycles. The van der Waals surface area contributed by atoms with Gasteiger partial charge in [-0.05, 0) is 36.5 Å². The van der Waals surface area contributed by atoms with Crippen LogP contribution in [0.3, 0.4) is 0 Å². The number of fused-ring (bicyclic) bond motifs is 2. The molecule has 2 nitrogen and oxygen atoms in total. The highest BCUT2D eigenvalue weighted by molar-refractivity contribution is 5.95. The van der Waals surface area contributed by atoms with Crippen molar-refractivity contribution in [2.75, 3.05) is 14.1 Å². The molecule has 0 amide bonds. The van der Waals surface area contributed by atoms with Crippen LogP contribution in [0.4, 0.5) is 0 Å². The number of rotatable bonds is 2. The minimum absolute atomic E-state index is 0.112. The third-order valence-electron chi connectivity index (χ3n) is 3.54. The predicted octanol–water partition coefficient (Wildman–Crippen LogP) is 3.41. The molecule has 3 aromatic carbocycles. The predicted molar refractivity (Wildman–Crippen MR) is 85.1 cm³/mol. The molecule has 0 unspecified atom stereocenters. The highest BCUT2D eigenvalue weighted by Crippen LogP contribution is 2.20. The Hall–Kier alpha value is -2.19. The minimum atomic E-state index is 0.112. The Balaban J connectivity index is 2.53. The molecule has 0 saturated carbocycles. The van der Waals surface area contributed by atoms with E-state index in [4.69, 9.17) is 0 Å². The molecule has 2 heteroatoms. The van der Waals surface area contributed by atoms with Crippen molar-refractivity contribution in [2.24, 2.45) is 0 Å². The molecule has 0 aromatic heterocycles. The van der Waals surface area contributed by atoms with Crippen molar-refractivity contribution in [3.8, 4) is 0 Å². The van der Waals surface area contributed by atoms with Crippen LogP contribution in [0.15, 0.2) is 59.4 Å². The molecule has 0 aliphatic carbocycles. The van der Waals surface area contributed by atoms with Crippen LogP contribution in [0.5, 0.6) is 0 Å². The van der Waals surface area contributed by atoms with Gasteiger partial charge in [-0.3, -0.25) is 4.79 Å². The summed E-state index contributed by atoms with van der Waals surface area (Å²) < 4.78 is 0. The molecule has 0 atom stereocenters. The van der Waals surface area contributed by atoms with Gasteiger partial charge in [0.25, 0.3) is 0 Å². The maximum atomic E-state index is 12.7. The van der Waals surface area contributed by atoms with Crippen molar-refractivity contribution < 1.29 is 0 Å². The lowest BCUT2D eigenvalue weighted by molar-refractivity contribution is 0.404. The van der Waals surface area contributed by atoms with Crippen molar-refractivity contribution in [1.29, 1.82) is 0 Å². The molecule has 100 valence electrons. The van der Waals surface area contributed by atoms with Gasteiger partial charge in [0.15, 0.2) is 5.43 Å². The van der Waals surface area contributed by atoms with Crippen LogP contribution < -0.4 is 5.43 Å². The first-order valence-corrected chi connectivity index (χ1v) is 6.75. The van der Waals surface area contributed by atoms with Gasteiger partial charge in [-0.1, -0.05) is 48.5 Å². The minimum Gasteiger partial charge on any atom is -0.305 e. The molecule has 0 bridgehead atoms. The number of nitrogens with zero attached hydrogens (tertiary/aromatic N) is 1. The van der Waals surface area contributed by atoms with Crippen molar-refractivity contribution in [3.63, 3.8) is 0 Å². The van der Waals surface area contributed by atoms with Crippen LogP contribution in [0.2, 0.25) is 0 Å². The summed E-state index contributed by atoms with van der Waals surface area (Å²) in [6, 6.07) is 17.8. The van der Waals surface area contributed by atoms with E-state index in [9.17, 15) is 4.79 Å². The van der Waals surface area contributed by atoms with Gasteiger partial charge < -0.3 is 4.90 Å². The zero-order valence-corrected chi connectivity index (χ0v) is 11.8. The highest BCUT2D eigenvalue weighted by Gasteiger charge is 2.07. The summed E-state index contributed by atoms with van der Waals surface area (Å²) in [5.41, 5.74) is 1.30. The average Bonchev–Trinajstić information content (AvgIpc) is 2.56. The molecule has 0 radical (unpaired) electrons. The summed E-state index contributed by atoms with van der Waals surface area (Å²) in [7, 11) is 4.09. The van der Waals surface area contributed by atoms with E-state index in [0.717, 1.165) is 28.1 Å². The zero-order valence-electron chi connectivity index (χ0n) is 11.8. The fraction of sp³-hybridized carbons (Fsp3) is 0.167. The van der Waals surface area contributed by atoms with Crippen LogP contribution in [0.25, 0.3) is 21.5 Å². The first kappa shape index (κ1) is 12.8. The second-order valence-electron chi connectivity index (χ2n) is 5.37. The molecule has 3 aromatic rings. The molecular formula is C18H17NO. The van der Waals surface area contributed by atoms with E-state index in [1.807, 2.05) is 62.6 Å². The first-order chi connectivity index (χ1) is 9.66. The standard InChI is InChI=1S/C18H17NO/c1-19(2)12-14-11-13-7-3-4-9-16(13)18(20)17-10-6-5-8-15(14)17/h3-11H,12H2,1-2H3. The maximum absolute atomic E-state index is 12.7. The summed E-state index contributed by atoms with van der Waals surface area (Å²) in [5.74, 6) is 0. The Morgan fingerprint density at radius 2 is 1.45 bits per heavy atom. The number of hydrogen-bond acceptors (Lipinski definition) is 2. The van der Waals surface area contributed by atoms with E-state index < -0.39 is 0 Å². The molecule has 0 saturated heterocycles. The lowest BCUT2D eigenvalue weighted by atomic mass is 10.1. The SMILES string of the molecule is CN(C)Cc1cc2ccccc2c(=O)c2ccccc12. The fourth-order valence-corrected chi connectivity index (χ4v) is 2.67. The van der Waals surface area contributed by atoms with Gasteiger partial charge in [-0.2, -0.15) is 0 Å². The van der Waals surface area contributed by atoms with Gasteiger partial charge in [-0.25, -0.2) is 0 Å². The topological polar surface area (TPSA) is 20.3 Å². The normalized spacial score (nSPS) is 11.3. The quantitative estimate of drug-likeness (QED) is 0.706. The van der Waals surface area contributed by atoms with Crippen LogP contribution in [-0.2, 0) is 6.54 Å². The summed E-state index contributed by atoms with van der Waals surface area (Å²) in [6.07, 6.45) is 0. The van der Waals surface area contributed by atoms with Gasteiger partial charge in [0.2, 0.25) is 0 Å². The van der Waals surface area contributed by atoms with E-state index in [2.05, 4.69) is 11.0 Å². The third-order valence-corrected chi connectivity index (χ3v) is 3.54. The van der Waals surface area contributed by atoms with Crippen LogP contribution in [0.1, 0.15) is 5.56 Å². The van der Waals surface area contributed by atoms with E-state index in [-0.39, 0.29) is 5.43 Å². The van der Waals surface area contributed by atoms with Crippen molar-refractivity contribution in [2.45, 2.75) is 6.54 Å². The second kappa shape index (κ2) is 5.06. The summed E-state index contributed by atoms with van der Waals surface area (Å²) in [6.45, 7) is 0.818. The lowest BCUT2D eigenvalue weighted by Crippen LogP contribution is -2.10. The average molecular weight is 263 g/mol. The number of hydrogen-bond donors (Lipinski definition) is 0. The largest absolute Gasteiger partial charge is 0.305 e. The summed E-state index contributed by atoms with van der Waals surface area (Å²) in [4.78, 5) is 14.8. The maximum Gasteiger partial charge on any atom is 0.194 e. The molecule has 0 fully saturated rings. The van der Waals surface area contributed by atoms with Gasteiger partial charge >= 0.3 is 0 Å². The Morgan fingerprint density at radius 1 is 0.850 bits per heavy atom. The zero-order chi connectivity index (χ0) is 14.1. The summed E-state index contributed by atoms with van der Waals surface area (Å²) in [5, 5.41) is 3.63. The Morgan fingerprint density at radius 3 is 2.15 bits per heavy atom. The van der Waals surface area contributed by atoms with E-state index >= 15 is 0 Å². The highest BCUT2D eigenvalue weighted by atomic mass is 16.1. The Bertz CT molecular complexity index is 837. The fourth-order valence-electron chi connectivity index (χ4n) is 2.67. The lowest BCUT2D eigenvalue weighted by Gasteiger charge is -2.10. The van der Waals surface area contributed by atoms with Gasteiger partial charge in [0.1, 0.15) is 0 Å². The smallest absolute Gasteiger partial charge is 0.194 e. The first-order valence-electron chi connectivity index (χ1n) is 6.75. The van der Waals surface area contributed by atoms with Gasteiger partial charge in [0.05, 0.1) is 0 Å². The van der Waals surface area contributed by atoms with E-state index in [1.54, 1.807) is 0 Å². The molecule has 0 heterocycles. The molecular weight excluding hydrogens is 246 g/mol. The Labute approximate surface area is 118 Å². The Kier molecular flexibility index (Phi) is 3.25. The molecule has 0 N–H and O–H groups in total. The van der Waals surface area contributed by atoms with E-state index in [1.165, 1.54) is 5.56 Å². The van der Waals surface area contributed by atoms with Crippen molar-refractivity contribution in [1.82, 2.24) is 4.90 Å². The third kappa shape index (κ3) is 2.19. The van der Waals surface area contributed by atoms with Crippen molar-refractivity contribution in [3.05, 3.63) is 70.4 Å². The van der Waals surface area contributed by atoms with Crippen LogP contribution in [-0.4, -0.2) is 19.0 Å². The van der Waals surface area contributed by atoms with Gasteiger partial charge in [-0.15, -0.1) is 0 Å². The van der Waals surface area contributed by atoms with E-state index in [0.29, 0.717) is 0 Å². The number of benzene rings is 2. The summed E-state index contributed by atoms with van der Waals surface area (Å²) >= 11 is 0.